The molecule has 0 radical (unpaired) electrons. The Bertz CT molecular complexity index is 1040. The number of halogens is 1. The van der Waals surface area contributed by atoms with E-state index in [1.54, 1.807) is 24.3 Å². The van der Waals surface area contributed by atoms with Crippen LogP contribution in [0.2, 0.25) is 5.02 Å². The molecule has 0 aliphatic carbocycles. The van der Waals surface area contributed by atoms with Crippen molar-refractivity contribution >= 4 is 35.0 Å². The van der Waals surface area contributed by atoms with Crippen molar-refractivity contribution in [1.29, 1.82) is 0 Å². The van der Waals surface area contributed by atoms with Gasteiger partial charge in [-0.15, -0.1) is 10.2 Å². The van der Waals surface area contributed by atoms with Crippen molar-refractivity contribution in [1.82, 2.24) is 14.8 Å². The Kier molecular flexibility index (Phi) is 7.28. The summed E-state index contributed by atoms with van der Waals surface area (Å²) in [5.74, 6) is 1.54. The summed E-state index contributed by atoms with van der Waals surface area (Å²) in [6.07, 6.45) is -0.285. The summed E-state index contributed by atoms with van der Waals surface area (Å²) < 4.78 is 7.91. The lowest BCUT2D eigenvalue weighted by molar-refractivity contribution is -0.113. The molecule has 164 valence electrons. The number of carbonyl (C=O) groups is 1. The lowest BCUT2D eigenvalue weighted by atomic mass is 9.87. The molecule has 1 heterocycles. The summed E-state index contributed by atoms with van der Waals surface area (Å²) in [5, 5.41) is 12.5. The van der Waals surface area contributed by atoms with Gasteiger partial charge in [0, 0.05) is 17.8 Å². The number of rotatable bonds is 7. The maximum Gasteiger partial charge on any atom is 0.234 e. The van der Waals surface area contributed by atoms with E-state index in [9.17, 15) is 4.79 Å². The minimum absolute atomic E-state index is 0.0962. The number of ether oxygens (including phenoxy) is 1. The number of hydrogen-bond acceptors (Lipinski definition) is 5. The van der Waals surface area contributed by atoms with Crippen LogP contribution >= 0.6 is 23.4 Å². The van der Waals surface area contributed by atoms with Gasteiger partial charge in [-0.25, -0.2) is 0 Å². The van der Waals surface area contributed by atoms with Crippen molar-refractivity contribution in [2.45, 2.75) is 44.4 Å². The Morgan fingerprint density at radius 3 is 2.55 bits per heavy atom. The number of nitrogens with zero attached hydrogens (tertiary/aromatic N) is 3. The number of thioether (sulfide) groups is 1. The van der Waals surface area contributed by atoms with Gasteiger partial charge in [0.05, 0.1) is 5.75 Å². The fourth-order valence-corrected chi connectivity index (χ4v) is 3.90. The molecule has 0 saturated heterocycles. The van der Waals surface area contributed by atoms with Crippen molar-refractivity contribution in [2.24, 2.45) is 7.05 Å². The van der Waals surface area contributed by atoms with Crippen LogP contribution in [-0.4, -0.2) is 26.4 Å². The zero-order valence-corrected chi connectivity index (χ0v) is 19.9. The fraction of sp³-hybridized carbons (Fsp3) is 0.348. The van der Waals surface area contributed by atoms with E-state index in [0.29, 0.717) is 21.7 Å². The predicted octanol–water partition coefficient (Wildman–Crippen LogP) is 5.64. The number of anilines is 1. The Hall–Kier alpha value is -2.51. The number of aromatic nitrogens is 3. The largest absolute Gasteiger partial charge is 0.483 e. The highest BCUT2D eigenvalue weighted by Crippen LogP contribution is 2.27. The Balaban J connectivity index is 1.58. The van der Waals surface area contributed by atoms with E-state index in [2.05, 4.69) is 48.4 Å². The number of amides is 1. The molecule has 8 heteroatoms. The lowest BCUT2D eigenvalue weighted by Crippen LogP contribution is -2.15. The quantitative estimate of drug-likeness (QED) is 0.464. The van der Waals surface area contributed by atoms with Crippen LogP contribution in [0.15, 0.2) is 53.7 Å². The highest BCUT2D eigenvalue weighted by Gasteiger charge is 2.19. The van der Waals surface area contributed by atoms with Crippen molar-refractivity contribution < 1.29 is 9.53 Å². The second-order valence-electron chi connectivity index (χ2n) is 8.28. The molecule has 1 N–H and O–H groups in total. The van der Waals surface area contributed by atoms with Crippen LogP contribution in [0.4, 0.5) is 5.69 Å². The topological polar surface area (TPSA) is 69.0 Å². The Morgan fingerprint density at radius 1 is 1.19 bits per heavy atom. The molecule has 3 aromatic rings. The molecule has 1 unspecified atom stereocenters. The van der Waals surface area contributed by atoms with Gasteiger partial charge >= 0.3 is 0 Å². The molecule has 3 rings (SSSR count). The first-order valence-electron chi connectivity index (χ1n) is 9.98. The van der Waals surface area contributed by atoms with Gasteiger partial charge in [-0.1, -0.05) is 62.3 Å². The van der Waals surface area contributed by atoms with Crippen LogP contribution < -0.4 is 10.1 Å². The van der Waals surface area contributed by atoms with Crippen LogP contribution in [0.25, 0.3) is 0 Å². The monoisotopic (exact) mass is 458 g/mol. The van der Waals surface area contributed by atoms with Crippen LogP contribution in [-0.2, 0) is 17.3 Å². The maximum absolute atomic E-state index is 12.2. The van der Waals surface area contributed by atoms with Crippen LogP contribution in [0, 0.1) is 0 Å². The van der Waals surface area contributed by atoms with E-state index in [4.69, 9.17) is 16.3 Å². The number of hydrogen-bond donors (Lipinski definition) is 1. The van der Waals surface area contributed by atoms with Crippen LogP contribution in [0.5, 0.6) is 5.75 Å². The molecule has 6 nitrogen and oxygen atoms in total. The number of benzene rings is 2. The SMILES string of the molecule is CC(Oc1ccc(C(C)(C)C)cc1)c1nnc(SCC(=O)Nc2cccc(Cl)c2)n1C. The summed E-state index contributed by atoms with van der Waals surface area (Å²) in [7, 11) is 1.87. The summed E-state index contributed by atoms with van der Waals surface area (Å²) in [6, 6.07) is 15.2. The Labute approximate surface area is 192 Å². The molecule has 1 atom stereocenters. The molecule has 0 bridgehead atoms. The van der Waals surface area contributed by atoms with Gasteiger partial charge in [-0.05, 0) is 48.2 Å². The van der Waals surface area contributed by atoms with Crippen molar-refractivity contribution in [2.75, 3.05) is 11.1 Å². The zero-order chi connectivity index (χ0) is 22.6. The van der Waals surface area contributed by atoms with E-state index >= 15 is 0 Å². The predicted molar refractivity (Wildman–Crippen MR) is 126 cm³/mol. The normalized spacial score (nSPS) is 12.5. The number of nitrogens with one attached hydrogen (secondary N) is 1. The average Bonchev–Trinajstić information content (AvgIpc) is 3.06. The first-order valence-corrected chi connectivity index (χ1v) is 11.3. The molecule has 0 aliphatic heterocycles. The van der Waals surface area contributed by atoms with E-state index < -0.39 is 0 Å². The van der Waals surface area contributed by atoms with Crippen LogP contribution in [0.3, 0.4) is 0 Å². The highest BCUT2D eigenvalue weighted by molar-refractivity contribution is 7.99. The minimum Gasteiger partial charge on any atom is -0.483 e. The van der Waals surface area contributed by atoms with Gasteiger partial charge in [0.1, 0.15) is 5.75 Å². The van der Waals surface area contributed by atoms with Gasteiger partial charge in [0.2, 0.25) is 5.91 Å². The standard InChI is InChI=1S/C23H27ClN4O2S/c1-15(30-19-11-9-16(10-12-19)23(2,3)4)21-26-27-22(28(21)5)31-14-20(29)25-18-8-6-7-17(24)13-18/h6-13,15H,14H2,1-5H3,(H,25,29). The van der Waals surface area contributed by atoms with Gasteiger partial charge in [-0.2, -0.15) is 0 Å². The third kappa shape index (κ3) is 6.24. The Morgan fingerprint density at radius 2 is 1.90 bits per heavy atom. The molecule has 1 aromatic heterocycles. The highest BCUT2D eigenvalue weighted by atomic mass is 35.5. The van der Waals surface area contributed by atoms with Crippen LogP contribution in [0.1, 0.15) is 45.2 Å². The minimum atomic E-state index is -0.285. The molecule has 0 spiro atoms. The van der Waals surface area contributed by atoms with E-state index in [-0.39, 0.29) is 23.2 Å². The van der Waals surface area contributed by atoms with Gasteiger partial charge in [-0.3, -0.25) is 4.79 Å². The summed E-state index contributed by atoms with van der Waals surface area (Å²) in [4.78, 5) is 12.2. The molecule has 0 aliphatic rings. The van der Waals surface area contributed by atoms with E-state index in [0.717, 1.165) is 5.75 Å². The third-order valence-electron chi connectivity index (χ3n) is 4.71. The second kappa shape index (κ2) is 9.75. The number of carbonyl (C=O) groups excluding carboxylic acids is 1. The first-order chi connectivity index (χ1) is 14.6. The smallest absolute Gasteiger partial charge is 0.234 e. The first kappa shape index (κ1) is 23.2. The van der Waals surface area contributed by atoms with Crippen molar-refractivity contribution in [3.05, 3.63) is 64.9 Å². The third-order valence-corrected chi connectivity index (χ3v) is 5.96. The maximum atomic E-state index is 12.2. The van der Waals surface area contributed by atoms with Gasteiger partial charge in [0.15, 0.2) is 17.1 Å². The lowest BCUT2D eigenvalue weighted by Gasteiger charge is -2.20. The zero-order valence-electron chi connectivity index (χ0n) is 18.3. The second-order valence-corrected chi connectivity index (χ2v) is 9.66. The molecule has 1 amide bonds. The van der Waals surface area contributed by atoms with E-state index in [1.807, 2.05) is 30.7 Å². The molecular weight excluding hydrogens is 432 g/mol. The molecule has 31 heavy (non-hydrogen) atoms. The van der Waals surface area contributed by atoms with Gasteiger partial charge in [0.25, 0.3) is 0 Å². The van der Waals surface area contributed by atoms with Gasteiger partial charge < -0.3 is 14.6 Å². The van der Waals surface area contributed by atoms with Crippen molar-refractivity contribution in [3.63, 3.8) is 0 Å². The molecule has 0 fully saturated rings. The summed E-state index contributed by atoms with van der Waals surface area (Å²) in [5.41, 5.74) is 2.01. The van der Waals surface area contributed by atoms with Crippen molar-refractivity contribution in [3.8, 4) is 5.75 Å². The molecular formula is C23H27ClN4O2S. The fourth-order valence-electron chi connectivity index (χ4n) is 2.99. The van der Waals surface area contributed by atoms with E-state index in [1.165, 1.54) is 17.3 Å². The average molecular weight is 459 g/mol. The molecule has 0 saturated carbocycles. The molecule has 2 aromatic carbocycles. The summed E-state index contributed by atoms with van der Waals surface area (Å²) >= 11 is 7.27. The summed E-state index contributed by atoms with van der Waals surface area (Å²) in [6.45, 7) is 8.47.